The molecule has 0 aliphatic carbocycles. The third kappa shape index (κ3) is 4.10. The Labute approximate surface area is 140 Å². The highest BCUT2D eigenvalue weighted by Gasteiger charge is 2.19. The SMILES string of the molecule is CNS(=O)(=O)c1cc(C(=O)OCc2ccccc2C)ccc1Cl. The first kappa shape index (κ1) is 17.5. The average Bonchev–Trinajstić information content (AvgIpc) is 2.54. The zero-order valence-corrected chi connectivity index (χ0v) is 14.2. The molecule has 0 atom stereocenters. The van der Waals surface area contributed by atoms with Crippen LogP contribution in [-0.4, -0.2) is 21.4 Å². The van der Waals surface area contributed by atoms with Gasteiger partial charge in [0.05, 0.1) is 10.6 Å². The van der Waals surface area contributed by atoms with Crippen LogP contribution < -0.4 is 4.72 Å². The molecule has 0 fully saturated rings. The second kappa shape index (κ2) is 7.12. The van der Waals surface area contributed by atoms with Gasteiger partial charge in [0.2, 0.25) is 10.0 Å². The zero-order chi connectivity index (χ0) is 17.0. The van der Waals surface area contributed by atoms with Crippen molar-refractivity contribution in [2.75, 3.05) is 7.05 Å². The molecule has 0 unspecified atom stereocenters. The van der Waals surface area contributed by atoms with E-state index in [2.05, 4.69) is 4.72 Å². The van der Waals surface area contributed by atoms with Crippen LogP contribution in [0.25, 0.3) is 0 Å². The van der Waals surface area contributed by atoms with E-state index in [1.165, 1.54) is 25.2 Å². The van der Waals surface area contributed by atoms with Gasteiger partial charge in [-0.2, -0.15) is 0 Å². The van der Waals surface area contributed by atoms with Crippen LogP contribution >= 0.6 is 11.6 Å². The van der Waals surface area contributed by atoms with E-state index in [0.717, 1.165) is 11.1 Å². The second-order valence-electron chi connectivity index (χ2n) is 4.86. The van der Waals surface area contributed by atoms with Crippen LogP contribution in [0.2, 0.25) is 5.02 Å². The topological polar surface area (TPSA) is 72.5 Å². The lowest BCUT2D eigenvalue weighted by Crippen LogP contribution is -2.19. The Hall–Kier alpha value is -1.89. The maximum Gasteiger partial charge on any atom is 0.338 e. The molecule has 0 radical (unpaired) electrons. The van der Waals surface area contributed by atoms with Crippen molar-refractivity contribution < 1.29 is 17.9 Å². The largest absolute Gasteiger partial charge is 0.457 e. The number of benzene rings is 2. The minimum atomic E-state index is -3.75. The quantitative estimate of drug-likeness (QED) is 0.839. The molecule has 2 aromatic carbocycles. The first-order valence-corrected chi connectivity index (χ1v) is 8.66. The first-order chi connectivity index (χ1) is 10.8. The number of sulfonamides is 1. The Morgan fingerprint density at radius 1 is 1.22 bits per heavy atom. The van der Waals surface area contributed by atoms with Crippen molar-refractivity contribution in [3.8, 4) is 0 Å². The average molecular weight is 354 g/mol. The number of hydrogen-bond acceptors (Lipinski definition) is 4. The van der Waals surface area contributed by atoms with Crippen LogP contribution in [0.1, 0.15) is 21.5 Å². The first-order valence-electron chi connectivity index (χ1n) is 6.80. The fraction of sp³-hybridized carbons (Fsp3) is 0.188. The van der Waals surface area contributed by atoms with E-state index in [1.807, 2.05) is 31.2 Å². The molecule has 0 bridgehead atoms. The summed E-state index contributed by atoms with van der Waals surface area (Å²) in [5.41, 5.74) is 2.02. The van der Waals surface area contributed by atoms with E-state index in [4.69, 9.17) is 16.3 Å². The predicted octanol–water partition coefficient (Wildman–Crippen LogP) is 2.91. The molecular formula is C16H16ClNO4S. The Morgan fingerprint density at radius 2 is 1.91 bits per heavy atom. The Balaban J connectivity index is 2.21. The molecular weight excluding hydrogens is 338 g/mol. The van der Waals surface area contributed by atoms with Gasteiger partial charge in [-0.05, 0) is 43.3 Å². The van der Waals surface area contributed by atoms with Crippen LogP contribution in [0.3, 0.4) is 0 Å². The molecule has 0 heterocycles. The van der Waals surface area contributed by atoms with Crippen molar-refractivity contribution >= 4 is 27.6 Å². The van der Waals surface area contributed by atoms with Crippen molar-refractivity contribution in [2.45, 2.75) is 18.4 Å². The molecule has 1 N–H and O–H groups in total. The van der Waals surface area contributed by atoms with Crippen molar-refractivity contribution in [2.24, 2.45) is 0 Å². The summed E-state index contributed by atoms with van der Waals surface area (Å²) in [4.78, 5) is 12.0. The summed E-state index contributed by atoms with van der Waals surface area (Å²) in [6.07, 6.45) is 0. The van der Waals surface area contributed by atoms with Gasteiger partial charge in [-0.15, -0.1) is 0 Å². The summed E-state index contributed by atoms with van der Waals surface area (Å²) < 4.78 is 31.2. The van der Waals surface area contributed by atoms with Gasteiger partial charge >= 0.3 is 5.97 Å². The molecule has 23 heavy (non-hydrogen) atoms. The number of ether oxygens (including phenoxy) is 1. The Morgan fingerprint density at radius 3 is 2.57 bits per heavy atom. The maximum absolute atomic E-state index is 12.1. The van der Waals surface area contributed by atoms with Gasteiger partial charge in [0.25, 0.3) is 0 Å². The van der Waals surface area contributed by atoms with Crippen LogP contribution in [0.4, 0.5) is 0 Å². The van der Waals surface area contributed by atoms with Gasteiger partial charge in [0.15, 0.2) is 0 Å². The molecule has 2 rings (SSSR count). The van der Waals surface area contributed by atoms with Crippen molar-refractivity contribution in [3.05, 3.63) is 64.2 Å². The standard InChI is InChI=1S/C16H16ClNO4S/c1-11-5-3-4-6-13(11)10-22-16(19)12-7-8-14(17)15(9-12)23(20,21)18-2/h3-9,18H,10H2,1-2H3. The van der Waals surface area contributed by atoms with E-state index in [1.54, 1.807) is 0 Å². The van der Waals surface area contributed by atoms with Crippen LogP contribution in [0, 0.1) is 6.92 Å². The lowest BCUT2D eigenvalue weighted by atomic mass is 10.1. The van der Waals surface area contributed by atoms with Crippen molar-refractivity contribution in [3.63, 3.8) is 0 Å². The number of hydrogen-bond donors (Lipinski definition) is 1. The fourth-order valence-electron chi connectivity index (χ4n) is 1.94. The molecule has 5 nitrogen and oxygen atoms in total. The van der Waals surface area contributed by atoms with E-state index >= 15 is 0 Å². The third-order valence-corrected chi connectivity index (χ3v) is 5.24. The summed E-state index contributed by atoms with van der Waals surface area (Å²) in [5, 5.41) is 0.0369. The minimum Gasteiger partial charge on any atom is -0.457 e. The van der Waals surface area contributed by atoms with Crippen LogP contribution in [0.5, 0.6) is 0 Å². The molecule has 0 aliphatic heterocycles. The Bertz CT molecular complexity index is 834. The number of aryl methyl sites for hydroxylation is 1. The number of esters is 1. The highest BCUT2D eigenvalue weighted by Crippen LogP contribution is 2.23. The lowest BCUT2D eigenvalue weighted by molar-refractivity contribution is 0.0472. The highest BCUT2D eigenvalue weighted by molar-refractivity contribution is 7.89. The summed E-state index contributed by atoms with van der Waals surface area (Å²) >= 11 is 5.89. The summed E-state index contributed by atoms with van der Waals surface area (Å²) in [6.45, 7) is 2.03. The number of carbonyl (C=O) groups excluding carboxylic acids is 1. The molecule has 2 aromatic rings. The molecule has 0 saturated carbocycles. The van der Waals surface area contributed by atoms with Gasteiger partial charge in [0, 0.05) is 0 Å². The zero-order valence-electron chi connectivity index (χ0n) is 12.7. The van der Waals surface area contributed by atoms with Gasteiger partial charge < -0.3 is 4.74 Å². The normalized spacial score (nSPS) is 11.3. The summed E-state index contributed by atoms with van der Waals surface area (Å²) in [6, 6.07) is 11.5. The smallest absolute Gasteiger partial charge is 0.338 e. The fourth-order valence-corrected chi connectivity index (χ4v) is 3.19. The lowest BCUT2D eigenvalue weighted by Gasteiger charge is -2.09. The third-order valence-electron chi connectivity index (χ3n) is 3.35. The number of nitrogens with one attached hydrogen (secondary N) is 1. The number of rotatable bonds is 5. The van der Waals surface area contributed by atoms with Crippen LogP contribution in [-0.2, 0) is 21.4 Å². The van der Waals surface area contributed by atoms with Crippen molar-refractivity contribution in [1.82, 2.24) is 4.72 Å². The molecule has 0 saturated heterocycles. The van der Waals surface area contributed by atoms with E-state index < -0.39 is 16.0 Å². The molecule has 122 valence electrons. The van der Waals surface area contributed by atoms with Crippen LogP contribution in [0.15, 0.2) is 47.4 Å². The molecule has 0 aliphatic rings. The molecule has 0 amide bonds. The predicted molar refractivity (Wildman–Crippen MR) is 88.0 cm³/mol. The number of carbonyl (C=O) groups is 1. The molecule has 0 aromatic heterocycles. The minimum absolute atomic E-state index is 0.0369. The summed E-state index contributed by atoms with van der Waals surface area (Å²) in [5.74, 6) is -0.613. The van der Waals surface area contributed by atoms with Crippen molar-refractivity contribution in [1.29, 1.82) is 0 Å². The van der Waals surface area contributed by atoms with Gasteiger partial charge in [-0.3, -0.25) is 0 Å². The van der Waals surface area contributed by atoms with E-state index in [-0.39, 0.29) is 22.1 Å². The number of halogens is 1. The van der Waals surface area contributed by atoms with Gasteiger partial charge in [0.1, 0.15) is 11.5 Å². The van der Waals surface area contributed by atoms with E-state index in [0.29, 0.717) is 0 Å². The highest BCUT2D eigenvalue weighted by atomic mass is 35.5. The van der Waals surface area contributed by atoms with E-state index in [9.17, 15) is 13.2 Å². The maximum atomic E-state index is 12.1. The molecule has 0 spiro atoms. The summed E-state index contributed by atoms with van der Waals surface area (Å²) in [7, 11) is -2.48. The molecule has 7 heteroatoms. The van der Waals surface area contributed by atoms with Gasteiger partial charge in [-0.1, -0.05) is 35.9 Å². The Kier molecular flexibility index (Phi) is 5.41. The van der Waals surface area contributed by atoms with Gasteiger partial charge in [-0.25, -0.2) is 17.9 Å². The monoisotopic (exact) mass is 353 g/mol. The second-order valence-corrected chi connectivity index (χ2v) is 7.12.